The number of hydrogen-bond donors (Lipinski definition) is 1. The predicted octanol–water partition coefficient (Wildman–Crippen LogP) is 2.70. The van der Waals surface area contributed by atoms with Crippen LogP contribution in [0.5, 0.6) is 0 Å². The van der Waals surface area contributed by atoms with Crippen molar-refractivity contribution >= 4 is 5.95 Å². The minimum atomic E-state index is 0.604. The van der Waals surface area contributed by atoms with Crippen LogP contribution in [0.3, 0.4) is 0 Å². The Morgan fingerprint density at radius 3 is 2.89 bits per heavy atom. The van der Waals surface area contributed by atoms with Crippen molar-refractivity contribution in [2.24, 2.45) is 5.92 Å². The Hall–Kier alpha value is -1.84. The Bertz CT molecular complexity index is 502. The van der Waals surface area contributed by atoms with E-state index < -0.39 is 0 Å². The number of aromatic nitrogens is 3. The molecule has 4 nitrogen and oxygen atoms in total. The number of nitrogens with zero attached hydrogens (tertiary/aromatic N) is 3. The predicted molar refractivity (Wildman–Crippen MR) is 73.6 cm³/mol. The van der Waals surface area contributed by atoms with E-state index in [-0.39, 0.29) is 0 Å². The van der Waals surface area contributed by atoms with E-state index in [9.17, 15) is 0 Å². The lowest BCUT2D eigenvalue weighted by Gasteiger charge is -2.11. The summed E-state index contributed by atoms with van der Waals surface area (Å²) in [5.41, 5.74) is 2.10. The highest BCUT2D eigenvalue weighted by atomic mass is 15.2. The van der Waals surface area contributed by atoms with Gasteiger partial charge in [0, 0.05) is 24.6 Å². The van der Waals surface area contributed by atoms with Crippen LogP contribution >= 0.6 is 0 Å². The fraction of sp³-hybridized carbons (Fsp3) is 0.429. The molecule has 2 heterocycles. The van der Waals surface area contributed by atoms with Gasteiger partial charge in [-0.3, -0.25) is 4.98 Å². The van der Waals surface area contributed by atoms with Crippen LogP contribution < -0.4 is 5.32 Å². The first-order valence-electron chi connectivity index (χ1n) is 6.32. The van der Waals surface area contributed by atoms with E-state index in [1.165, 1.54) is 0 Å². The Kier molecular flexibility index (Phi) is 3.97. The summed E-state index contributed by atoms with van der Waals surface area (Å²) in [5, 5.41) is 3.35. The molecule has 0 bridgehead atoms. The van der Waals surface area contributed by atoms with Gasteiger partial charge in [-0.15, -0.1) is 0 Å². The van der Waals surface area contributed by atoms with Gasteiger partial charge in [-0.2, -0.15) is 0 Å². The number of aryl methyl sites for hydroxylation is 1. The van der Waals surface area contributed by atoms with E-state index in [0.29, 0.717) is 5.92 Å². The van der Waals surface area contributed by atoms with Crippen molar-refractivity contribution in [1.29, 1.82) is 0 Å². The number of hydrogen-bond acceptors (Lipinski definition) is 3. The van der Waals surface area contributed by atoms with Crippen molar-refractivity contribution in [1.82, 2.24) is 14.5 Å². The molecular weight excluding hydrogens is 224 g/mol. The van der Waals surface area contributed by atoms with Gasteiger partial charge >= 0.3 is 0 Å². The minimum Gasteiger partial charge on any atom is -0.355 e. The zero-order chi connectivity index (χ0) is 13.0. The average molecular weight is 244 g/mol. The summed E-state index contributed by atoms with van der Waals surface area (Å²) in [5.74, 6) is 1.51. The van der Waals surface area contributed by atoms with Gasteiger partial charge in [0.1, 0.15) is 0 Å². The first kappa shape index (κ1) is 12.6. The molecule has 0 aliphatic rings. The summed E-state index contributed by atoms with van der Waals surface area (Å²) >= 11 is 0. The van der Waals surface area contributed by atoms with Crippen LogP contribution in [0.15, 0.2) is 30.6 Å². The molecule has 0 aliphatic heterocycles. The molecule has 0 amide bonds. The third kappa shape index (κ3) is 3.32. The van der Waals surface area contributed by atoms with E-state index in [0.717, 1.165) is 30.4 Å². The summed E-state index contributed by atoms with van der Waals surface area (Å²) in [6.45, 7) is 8.06. The van der Waals surface area contributed by atoms with Crippen LogP contribution in [0.1, 0.15) is 25.2 Å². The molecular formula is C14H20N4. The molecule has 1 N–H and O–H groups in total. The fourth-order valence-electron chi connectivity index (χ4n) is 1.76. The van der Waals surface area contributed by atoms with Crippen molar-refractivity contribution in [2.75, 3.05) is 11.9 Å². The SMILES string of the molecule is Cc1cccc(Cn2ccnc2NCC(C)C)n1. The zero-order valence-electron chi connectivity index (χ0n) is 11.2. The van der Waals surface area contributed by atoms with Gasteiger partial charge in [-0.25, -0.2) is 4.98 Å². The van der Waals surface area contributed by atoms with Crippen LogP contribution in [0.4, 0.5) is 5.95 Å². The summed E-state index contributed by atoms with van der Waals surface area (Å²) in [7, 11) is 0. The molecule has 0 saturated heterocycles. The molecule has 0 aromatic carbocycles. The largest absolute Gasteiger partial charge is 0.355 e. The normalized spacial score (nSPS) is 10.9. The van der Waals surface area contributed by atoms with Crippen LogP contribution in [0.2, 0.25) is 0 Å². The fourth-order valence-corrected chi connectivity index (χ4v) is 1.76. The highest BCUT2D eigenvalue weighted by Crippen LogP contribution is 2.09. The van der Waals surface area contributed by atoms with Crippen molar-refractivity contribution in [3.63, 3.8) is 0 Å². The molecule has 18 heavy (non-hydrogen) atoms. The van der Waals surface area contributed by atoms with Gasteiger partial charge in [0.25, 0.3) is 0 Å². The second kappa shape index (κ2) is 5.67. The quantitative estimate of drug-likeness (QED) is 0.879. The molecule has 0 radical (unpaired) electrons. The number of nitrogens with one attached hydrogen (secondary N) is 1. The van der Waals surface area contributed by atoms with E-state index in [2.05, 4.69) is 33.7 Å². The lowest BCUT2D eigenvalue weighted by molar-refractivity contribution is 0.674. The van der Waals surface area contributed by atoms with Gasteiger partial charge in [0.2, 0.25) is 5.95 Å². The Morgan fingerprint density at radius 2 is 2.17 bits per heavy atom. The summed E-state index contributed by atoms with van der Waals surface area (Å²) < 4.78 is 2.09. The molecule has 0 saturated carbocycles. The van der Waals surface area contributed by atoms with E-state index in [1.54, 1.807) is 0 Å². The number of imidazole rings is 1. The van der Waals surface area contributed by atoms with Gasteiger partial charge in [-0.1, -0.05) is 19.9 Å². The number of rotatable bonds is 5. The lowest BCUT2D eigenvalue weighted by Crippen LogP contribution is -2.13. The van der Waals surface area contributed by atoms with Crippen LogP contribution in [-0.2, 0) is 6.54 Å². The van der Waals surface area contributed by atoms with E-state index in [1.807, 2.05) is 37.5 Å². The Labute approximate surface area is 108 Å². The molecule has 0 unspecified atom stereocenters. The number of pyridine rings is 1. The average Bonchev–Trinajstić information content (AvgIpc) is 2.74. The Balaban J connectivity index is 2.07. The minimum absolute atomic E-state index is 0.604. The molecule has 0 atom stereocenters. The van der Waals surface area contributed by atoms with Gasteiger partial charge in [0.05, 0.1) is 12.2 Å². The standard InChI is InChI=1S/C14H20N4/c1-11(2)9-16-14-15-7-8-18(14)10-13-6-4-5-12(3)17-13/h4-8,11H,9-10H2,1-3H3,(H,15,16). The molecule has 2 aromatic heterocycles. The van der Waals surface area contributed by atoms with Crippen molar-refractivity contribution < 1.29 is 0 Å². The smallest absolute Gasteiger partial charge is 0.203 e. The molecule has 0 fully saturated rings. The Morgan fingerprint density at radius 1 is 1.33 bits per heavy atom. The monoisotopic (exact) mass is 244 g/mol. The topological polar surface area (TPSA) is 42.7 Å². The van der Waals surface area contributed by atoms with Crippen molar-refractivity contribution in [2.45, 2.75) is 27.3 Å². The number of anilines is 1. The summed E-state index contributed by atoms with van der Waals surface area (Å²) in [6.07, 6.45) is 3.80. The van der Waals surface area contributed by atoms with Crippen molar-refractivity contribution in [3.05, 3.63) is 42.0 Å². The lowest BCUT2D eigenvalue weighted by atomic mass is 10.2. The van der Waals surface area contributed by atoms with Gasteiger partial charge in [-0.05, 0) is 25.0 Å². The highest BCUT2D eigenvalue weighted by molar-refractivity contribution is 5.27. The van der Waals surface area contributed by atoms with Crippen molar-refractivity contribution in [3.8, 4) is 0 Å². The van der Waals surface area contributed by atoms with Crippen LogP contribution in [-0.4, -0.2) is 21.1 Å². The third-order valence-electron chi connectivity index (χ3n) is 2.66. The maximum atomic E-state index is 4.51. The van der Waals surface area contributed by atoms with Gasteiger partial charge in [0.15, 0.2) is 0 Å². The first-order chi connectivity index (χ1) is 8.65. The molecule has 4 heteroatoms. The maximum absolute atomic E-state index is 4.51. The molecule has 96 valence electrons. The van der Waals surface area contributed by atoms with Gasteiger partial charge < -0.3 is 9.88 Å². The summed E-state index contributed by atoms with van der Waals surface area (Å²) in [6, 6.07) is 6.09. The van der Waals surface area contributed by atoms with E-state index >= 15 is 0 Å². The van der Waals surface area contributed by atoms with Crippen LogP contribution in [0.25, 0.3) is 0 Å². The van der Waals surface area contributed by atoms with Crippen LogP contribution in [0, 0.1) is 12.8 Å². The first-order valence-corrected chi connectivity index (χ1v) is 6.32. The highest BCUT2D eigenvalue weighted by Gasteiger charge is 2.04. The third-order valence-corrected chi connectivity index (χ3v) is 2.66. The molecule has 2 rings (SSSR count). The second-order valence-electron chi connectivity index (χ2n) is 4.92. The molecule has 2 aromatic rings. The van der Waals surface area contributed by atoms with E-state index in [4.69, 9.17) is 0 Å². The second-order valence-corrected chi connectivity index (χ2v) is 4.92. The molecule has 0 spiro atoms. The zero-order valence-corrected chi connectivity index (χ0v) is 11.2. The maximum Gasteiger partial charge on any atom is 0.203 e. The summed E-state index contributed by atoms with van der Waals surface area (Å²) in [4.78, 5) is 8.84. The molecule has 0 aliphatic carbocycles.